The van der Waals surface area contributed by atoms with Gasteiger partial charge in [-0.3, -0.25) is 4.79 Å². The Balaban J connectivity index is 0.00000512. The molecule has 0 aromatic heterocycles. The summed E-state index contributed by atoms with van der Waals surface area (Å²) in [5.41, 5.74) is 1.53. The molecule has 7 nitrogen and oxygen atoms in total. The number of carbonyl (C=O) groups is 1. The first kappa shape index (κ1) is 27.5. The Labute approximate surface area is 206 Å². The highest BCUT2D eigenvalue weighted by atomic mass is 127. The molecule has 0 aliphatic rings. The average molecular weight is 558 g/mol. The number of carbonyl (C=O) groups excluding carboxylic acids is 1. The van der Waals surface area contributed by atoms with Crippen LogP contribution in [0.3, 0.4) is 0 Å². The average Bonchev–Trinajstić information content (AvgIpc) is 2.74. The number of rotatable bonds is 10. The molecule has 2 aromatic carbocycles. The molecule has 0 saturated heterocycles. The minimum atomic E-state index is -0.326. The minimum absolute atomic E-state index is 0. The predicted molar refractivity (Wildman–Crippen MR) is 137 cm³/mol. The number of nitrogens with one attached hydrogen (secondary N) is 3. The zero-order valence-corrected chi connectivity index (χ0v) is 21.2. The molecule has 0 heterocycles. The van der Waals surface area contributed by atoms with Crippen LogP contribution >= 0.6 is 24.0 Å². The Morgan fingerprint density at radius 2 is 1.94 bits per heavy atom. The molecular weight excluding hydrogens is 526 g/mol. The number of guanidine groups is 1. The molecule has 1 atom stereocenters. The SMILES string of the molecule is CCNC(=NCc1ccc(OC)c(NC(C)=O)c1)NCC(CC)Oc1cccc(F)c1.I. The molecule has 3 N–H and O–H groups in total. The third-order valence-electron chi connectivity index (χ3n) is 4.39. The van der Waals surface area contributed by atoms with Crippen molar-refractivity contribution < 1.29 is 18.7 Å². The van der Waals surface area contributed by atoms with E-state index < -0.39 is 0 Å². The van der Waals surface area contributed by atoms with Crippen LogP contribution in [0, 0.1) is 5.82 Å². The number of benzene rings is 2. The first-order chi connectivity index (χ1) is 14.9. The molecule has 1 amide bonds. The molecule has 2 aromatic rings. The smallest absolute Gasteiger partial charge is 0.221 e. The van der Waals surface area contributed by atoms with Gasteiger partial charge in [-0.2, -0.15) is 0 Å². The van der Waals surface area contributed by atoms with Crippen molar-refractivity contribution in [3.63, 3.8) is 0 Å². The summed E-state index contributed by atoms with van der Waals surface area (Å²) in [4.78, 5) is 16.0. The van der Waals surface area contributed by atoms with Gasteiger partial charge in [0.15, 0.2) is 5.96 Å². The summed E-state index contributed by atoms with van der Waals surface area (Å²) < 4.78 is 24.5. The largest absolute Gasteiger partial charge is 0.495 e. The fraction of sp³-hybridized carbons (Fsp3) is 0.391. The van der Waals surface area contributed by atoms with E-state index in [1.54, 1.807) is 25.3 Å². The molecule has 32 heavy (non-hydrogen) atoms. The van der Waals surface area contributed by atoms with E-state index in [0.29, 0.717) is 42.8 Å². The van der Waals surface area contributed by atoms with Crippen LogP contribution in [0.2, 0.25) is 0 Å². The second-order valence-electron chi connectivity index (χ2n) is 6.90. The molecule has 0 radical (unpaired) electrons. The van der Waals surface area contributed by atoms with Crippen LogP contribution in [0.5, 0.6) is 11.5 Å². The van der Waals surface area contributed by atoms with Crippen LogP contribution in [0.15, 0.2) is 47.5 Å². The van der Waals surface area contributed by atoms with Gasteiger partial charge in [0, 0.05) is 19.5 Å². The van der Waals surface area contributed by atoms with E-state index in [1.165, 1.54) is 19.1 Å². The molecule has 0 bridgehead atoms. The number of ether oxygens (including phenoxy) is 2. The number of anilines is 1. The molecule has 0 fully saturated rings. The molecule has 0 spiro atoms. The van der Waals surface area contributed by atoms with Crippen LogP contribution in [-0.4, -0.2) is 38.2 Å². The Kier molecular flexibility index (Phi) is 12.4. The summed E-state index contributed by atoms with van der Waals surface area (Å²) >= 11 is 0. The molecule has 1 unspecified atom stereocenters. The monoisotopic (exact) mass is 558 g/mol. The van der Waals surface area contributed by atoms with E-state index in [1.807, 2.05) is 26.0 Å². The van der Waals surface area contributed by atoms with Crippen molar-refractivity contribution in [1.82, 2.24) is 10.6 Å². The highest BCUT2D eigenvalue weighted by Crippen LogP contribution is 2.25. The molecule has 0 saturated carbocycles. The number of halogens is 2. The zero-order chi connectivity index (χ0) is 22.6. The Hall–Kier alpha value is -2.56. The fourth-order valence-electron chi connectivity index (χ4n) is 2.87. The van der Waals surface area contributed by atoms with Gasteiger partial charge in [-0.1, -0.05) is 19.1 Å². The second kappa shape index (κ2) is 14.5. The highest BCUT2D eigenvalue weighted by molar-refractivity contribution is 14.0. The molecule has 176 valence electrons. The molecule has 9 heteroatoms. The number of methoxy groups -OCH3 is 1. The van der Waals surface area contributed by atoms with Crippen molar-refractivity contribution in [1.29, 1.82) is 0 Å². The van der Waals surface area contributed by atoms with E-state index in [-0.39, 0.29) is 41.8 Å². The van der Waals surface area contributed by atoms with E-state index in [2.05, 4.69) is 20.9 Å². The van der Waals surface area contributed by atoms with Gasteiger partial charge in [0.25, 0.3) is 0 Å². The van der Waals surface area contributed by atoms with Gasteiger partial charge in [0.2, 0.25) is 5.91 Å². The maximum absolute atomic E-state index is 13.4. The fourth-order valence-corrected chi connectivity index (χ4v) is 2.87. The van der Waals surface area contributed by atoms with E-state index in [4.69, 9.17) is 9.47 Å². The van der Waals surface area contributed by atoms with Crippen molar-refractivity contribution in [2.45, 2.75) is 39.8 Å². The van der Waals surface area contributed by atoms with Crippen molar-refractivity contribution in [3.8, 4) is 11.5 Å². The van der Waals surface area contributed by atoms with Crippen molar-refractivity contribution >= 4 is 41.5 Å². The summed E-state index contributed by atoms with van der Waals surface area (Å²) in [5.74, 6) is 1.24. The first-order valence-corrected chi connectivity index (χ1v) is 10.3. The van der Waals surface area contributed by atoms with Crippen LogP contribution in [0.4, 0.5) is 10.1 Å². The number of amides is 1. The Bertz CT molecular complexity index is 895. The first-order valence-electron chi connectivity index (χ1n) is 10.3. The lowest BCUT2D eigenvalue weighted by Gasteiger charge is -2.20. The van der Waals surface area contributed by atoms with Gasteiger partial charge in [-0.15, -0.1) is 24.0 Å². The van der Waals surface area contributed by atoms with E-state index in [0.717, 1.165) is 12.0 Å². The topological polar surface area (TPSA) is 84.0 Å². The summed E-state index contributed by atoms with van der Waals surface area (Å²) in [6, 6.07) is 11.7. The Morgan fingerprint density at radius 3 is 2.56 bits per heavy atom. The highest BCUT2D eigenvalue weighted by Gasteiger charge is 2.11. The summed E-state index contributed by atoms with van der Waals surface area (Å²) in [6.07, 6.45) is 0.611. The van der Waals surface area contributed by atoms with Gasteiger partial charge in [0.05, 0.1) is 25.9 Å². The van der Waals surface area contributed by atoms with E-state index in [9.17, 15) is 9.18 Å². The van der Waals surface area contributed by atoms with Gasteiger partial charge in [-0.25, -0.2) is 9.38 Å². The number of hydrogen-bond donors (Lipinski definition) is 3. The molecule has 0 aliphatic heterocycles. The van der Waals surface area contributed by atoms with Gasteiger partial charge in [-0.05, 0) is 43.2 Å². The minimum Gasteiger partial charge on any atom is -0.495 e. The second-order valence-corrected chi connectivity index (χ2v) is 6.90. The van der Waals surface area contributed by atoms with Crippen LogP contribution in [0.1, 0.15) is 32.8 Å². The van der Waals surface area contributed by atoms with Crippen molar-refractivity contribution in [3.05, 3.63) is 53.8 Å². The quantitative estimate of drug-likeness (QED) is 0.230. The lowest BCUT2D eigenvalue weighted by molar-refractivity contribution is -0.114. The lowest BCUT2D eigenvalue weighted by atomic mass is 10.2. The normalized spacial score (nSPS) is 11.7. The third kappa shape index (κ3) is 9.29. The maximum Gasteiger partial charge on any atom is 0.221 e. The zero-order valence-electron chi connectivity index (χ0n) is 18.9. The predicted octanol–water partition coefficient (Wildman–Crippen LogP) is 4.32. The van der Waals surface area contributed by atoms with Gasteiger partial charge >= 0.3 is 0 Å². The van der Waals surface area contributed by atoms with Gasteiger partial charge < -0.3 is 25.4 Å². The Morgan fingerprint density at radius 1 is 1.16 bits per heavy atom. The van der Waals surface area contributed by atoms with E-state index >= 15 is 0 Å². The number of nitrogens with zero attached hydrogens (tertiary/aromatic N) is 1. The van der Waals surface area contributed by atoms with Crippen LogP contribution in [0.25, 0.3) is 0 Å². The summed E-state index contributed by atoms with van der Waals surface area (Å²) in [7, 11) is 1.56. The van der Waals surface area contributed by atoms with Crippen molar-refractivity contribution in [2.75, 3.05) is 25.5 Å². The van der Waals surface area contributed by atoms with Gasteiger partial charge in [0.1, 0.15) is 23.4 Å². The summed E-state index contributed by atoms with van der Waals surface area (Å²) in [5, 5.41) is 9.24. The third-order valence-corrected chi connectivity index (χ3v) is 4.39. The molecule has 2 rings (SSSR count). The number of hydrogen-bond acceptors (Lipinski definition) is 4. The summed E-state index contributed by atoms with van der Waals surface area (Å²) in [6.45, 7) is 7.07. The molecule has 0 aliphatic carbocycles. The lowest BCUT2D eigenvalue weighted by Crippen LogP contribution is -2.42. The maximum atomic E-state index is 13.4. The molecular formula is C23H32FIN4O3. The van der Waals surface area contributed by atoms with Crippen LogP contribution < -0.4 is 25.4 Å². The van der Waals surface area contributed by atoms with Crippen molar-refractivity contribution in [2.24, 2.45) is 4.99 Å². The standard InChI is InChI=1S/C23H31FN4O3.HI/c1-5-19(31-20-9-7-8-18(24)13-20)15-27-23(25-6-2)26-14-17-10-11-22(30-4)21(12-17)28-16(3)29;/h7-13,19H,5-6,14-15H2,1-4H3,(H,28,29)(H2,25,26,27);1H. The number of aliphatic imine (C=N–C) groups is 1. The van der Waals surface area contributed by atoms with Crippen LogP contribution in [-0.2, 0) is 11.3 Å².